The number of esters is 2. The summed E-state index contributed by atoms with van der Waals surface area (Å²) in [5.74, 6) is -2.74. The molecule has 2 rings (SSSR count). The van der Waals surface area contributed by atoms with Crippen molar-refractivity contribution in [1.82, 2.24) is 0 Å². The number of hydrogen-bond donors (Lipinski definition) is 2. The first kappa shape index (κ1) is 20.8. The minimum atomic E-state index is -1.45. The Morgan fingerprint density at radius 3 is 2.63 bits per heavy atom. The first-order chi connectivity index (χ1) is 12.6. The molecule has 146 valence electrons. The third-order valence-corrected chi connectivity index (χ3v) is 5.46. The van der Waals surface area contributed by atoms with Crippen molar-refractivity contribution >= 4 is 18.2 Å². The summed E-state index contributed by atoms with van der Waals surface area (Å²) in [5, 5.41) is 18.6. The summed E-state index contributed by atoms with van der Waals surface area (Å²) in [7, 11) is 0. The maximum atomic E-state index is 12.3. The van der Waals surface area contributed by atoms with E-state index in [1.54, 1.807) is 6.08 Å². The number of aldehydes is 1. The van der Waals surface area contributed by atoms with Crippen molar-refractivity contribution in [3.05, 3.63) is 49.1 Å². The van der Waals surface area contributed by atoms with Gasteiger partial charge in [0.1, 0.15) is 24.6 Å². The van der Waals surface area contributed by atoms with Crippen LogP contribution in [0.15, 0.2) is 49.1 Å². The fraction of sp³-hybridized carbons (Fsp3) is 0.450. The minimum Gasteiger partial charge on any atom is -0.458 e. The van der Waals surface area contributed by atoms with Gasteiger partial charge in [-0.15, -0.1) is 6.58 Å². The highest BCUT2D eigenvalue weighted by atomic mass is 16.6. The maximum Gasteiger partial charge on any atom is 0.336 e. The molecule has 0 amide bonds. The van der Waals surface area contributed by atoms with E-state index in [0.29, 0.717) is 6.29 Å². The van der Waals surface area contributed by atoms with Crippen LogP contribution in [0.1, 0.15) is 13.3 Å². The largest absolute Gasteiger partial charge is 0.458 e. The van der Waals surface area contributed by atoms with Crippen LogP contribution in [-0.2, 0) is 23.9 Å². The van der Waals surface area contributed by atoms with Crippen LogP contribution in [0.5, 0.6) is 0 Å². The van der Waals surface area contributed by atoms with Crippen LogP contribution in [0.25, 0.3) is 0 Å². The number of allylic oxidation sites excluding steroid dienone is 1. The first-order valence-electron chi connectivity index (χ1n) is 8.47. The third kappa shape index (κ3) is 3.52. The van der Waals surface area contributed by atoms with Gasteiger partial charge in [-0.05, 0) is 17.4 Å². The number of aliphatic hydroxyl groups is 2. The van der Waals surface area contributed by atoms with Crippen molar-refractivity contribution in [2.45, 2.75) is 31.7 Å². The van der Waals surface area contributed by atoms with E-state index in [9.17, 15) is 19.5 Å². The van der Waals surface area contributed by atoms with Crippen LogP contribution < -0.4 is 0 Å². The number of ether oxygens (including phenoxy) is 2. The number of rotatable bonds is 7. The van der Waals surface area contributed by atoms with E-state index in [2.05, 4.69) is 26.3 Å². The van der Waals surface area contributed by atoms with Crippen molar-refractivity contribution in [3.8, 4) is 0 Å². The Kier molecular flexibility index (Phi) is 5.87. The van der Waals surface area contributed by atoms with Crippen LogP contribution in [0.4, 0.5) is 0 Å². The Morgan fingerprint density at radius 1 is 1.48 bits per heavy atom. The van der Waals surface area contributed by atoms with Crippen molar-refractivity contribution in [3.63, 3.8) is 0 Å². The molecule has 0 aromatic heterocycles. The van der Waals surface area contributed by atoms with Crippen LogP contribution >= 0.6 is 0 Å². The average molecular weight is 376 g/mol. The number of fused-ring (bicyclic) bond motifs is 1. The molecule has 1 heterocycles. The smallest absolute Gasteiger partial charge is 0.336 e. The standard InChI is InChI=1S/C20H24O7/c1-6-20(5)7-14(26-18(24)11(3)13(23)9-22)15-12(4)19(25)27-17(15)16(20)10(2)8-21/h6,8,13-17,22-23H,1-4,7,9H2,5H3/t13-,14-,15+,16+,17-,20+/m0/s1. The number of hydrogen-bond acceptors (Lipinski definition) is 7. The summed E-state index contributed by atoms with van der Waals surface area (Å²) >= 11 is 0. The van der Waals surface area contributed by atoms with Gasteiger partial charge < -0.3 is 19.7 Å². The lowest BCUT2D eigenvalue weighted by Crippen LogP contribution is -2.52. The molecule has 1 saturated heterocycles. The topological polar surface area (TPSA) is 110 Å². The Balaban J connectivity index is 2.40. The molecule has 1 aliphatic carbocycles. The average Bonchev–Trinajstić information content (AvgIpc) is 2.94. The molecular weight excluding hydrogens is 352 g/mol. The molecule has 6 atom stereocenters. The predicted molar refractivity (Wildman–Crippen MR) is 96.2 cm³/mol. The molecule has 0 unspecified atom stereocenters. The van der Waals surface area contributed by atoms with E-state index in [4.69, 9.17) is 14.6 Å². The highest BCUT2D eigenvalue weighted by Gasteiger charge is 2.58. The molecule has 0 aromatic carbocycles. The van der Waals surface area contributed by atoms with E-state index < -0.39 is 54.1 Å². The van der Waals surface area contributed by atoms with Crippen molar-refractivity contribution in [2.24, 2.45) is 17.3 Å². The van der Waals surface area contributed by atoms with Crippen molar-refractivity contribution < 1.29 is 34.1 Å². The van der Waals surface area contributed by atoms with Gasteiger partial charge in [-0.1, -0.05) is 32.7 Å². The maximum absolute atomic E-state index is 12.3. The summed E-state index contributed by atoms with van der Waals surface area (Å²) in [6.45, 7) is 15.9. The molecule has 27 heavy (non-hydrogen) atoms. The zero-order valence-electron chi connectivity index (χ0n) is 15.2. The molecule has 0 spiro atoms. The second-order valence-corrected chi connectivity index (χ2v) is 7.17. The molecular formula is C20H24O7. The number of aliphatic hydroxyl groups excluding tert-OH is 2. The second-order valence-electron chi connectivity index (χ2n) is 7.17. The molecule has 1 aliphatic heterocycles. The van der Waals surface area contributed by atoms with E-state index in [1.165, 1.54) is 0 Å². The fourth-order valence-corrected chi connectivity index (χ4v) is 3.87. The molecule has 7 heteroatoms. The van der Waals surface area contributed by atoms with Gasteiger partial charge in [0, 0.05) is 11.5 Å². The van der Waals surface area contributed by atoms with Gasteiger partial charge in [0.25, 0.3) is 0 Å². The van der Waals surface area contributed by atoms with Crippen LogP contribution in [0, 0.1) is 17.3 Å². The van der Waals surface area contributed by atoms with Gasteiger partial charge in [-0.2, -0.15) is 0 Å². The Hall–Kier alpha value is -2.51. The Morgan fingerprint density at radius 2 is 2.11 bits per heavy atom. The Bertz CT molecular complexity index is 722. The molecule has 2 N–H and O–H groups in total. The van der Waals surface area contributed by atoms with E-state index >= 15 is 0 Å². The summed E-state index contributed by atoms with van der Waals surface area (Å²) in [4.78, 5) is 35.8. The number of carbonyl (C=O) groups excluding carboxylic acids is 3. The minimum absolute atomic E-state index is 0.140. The molecule has 2 fully saturated rings. The summed E-state index contributed by atoms with van der Waals surface area (Å²) in [6.07, 6.45) is -0.579. The second kappa shape index (κ2) is 7.62. The zero-order chi connectivity index (χ0) is 20.5. The third-order valence-electron chi connectivity index (χ3n) is 5.46. The predicted octanol–water partition coefficient (Wildman–Crippen LogP) is 0.873. The molecule has 7 nitrogen and oxygen atoms in total. The highest BCUT2D eigenvalue weighted by Crippen LogP contribution is 2.53. The summed E-state index contributed by atoms with van der Waals surface area (Å²) < 4.78 is 10.9. The molecule has 0 aromatic rings. The van der Waals surface area contributed by atoms with Gasteiger partial charge in [0.15, 0.2) is 0 Å². The normalized spacial score (nSPS) is 33.4. The molecule has 2 aliphatic rings. The zero-order valence-corrected chi connectivity index (χ0v) is 15.2. The van der Waals surface area contributed by atoms with Crippen LogP contribution in [0.2, 0.25) is 0 Å². The lowest BCUT2D eigenvalue weighted by molar-refractivity contribution is -0.160. The van der Waals surface area contributed by atoms with E-state index in [0.717, 1.165) is 0 Å². The van der Waals surface area contributed by atoms with Crippen LogP contribution in [-0.4, -0.2) is 53.4 Å². The monoisotopic (exact) mass is 376 g/mol. The fourth-order valence-electron chi connectivity index (χ4n) is 3.87. The lowest BCUT2D eigenvalue weighted by Gasteiger charge is -2.47. The Labute approximate surface area is 157 Å². The first-order valence-corrected chi connectivity index (χ1v) is 8.47. The SMILES string of the molecule is C=C[C@]1(C)C[C@H](OC(=O)C(=C)[C@@H](O)CO)[C@H]2C(=C)C(=O)O[C@@H]2[C@H]1C(=C)C=O. The van der Waals surface area contributed by atoms with Gasteiger partial charge in [0.05, 0.1) is 18.1 Å². The van der Waals surface area contributed by atoms with E-state index in [1.807, 2.05) is 6.92 Å². The highest BCUT2D eigenvalue weighted by molar-refractivity contribution is 5.92. The van der Waals surface area contributed by atoms with Gasteiger partial charge >= 0.3 is 11.9 Å². The van der Waals surface area contributed by atoms with Gasteiger partial charge in [-0.25, -0.2) is 9.59 Å². The van der Waals surface area contributed by atoms with Gasteiger partial charge in [0.2, 0.25) is 0 Å². The lowest BCUT2D eigenvalue weighted by atomic mass is 9.59. The van der Waals surface area contributed by atoms with Crippen LogP contribution in [0.3, 0.4) is 0 Å². The van der Waals surface area contributed by atoms with Crippen molar-refractivity contribution in [2.75, 3.05) is 6.61 Å². The van der Waals surface area contributed by atoms with E-state index in [-0.39, 0.29) is 23.1 Å². The quantitative estimate of drug-likeness (QED) is 0.294. The number of carbonyl (C=O) groups is 3. The molecule has 1 saturated carbocycles. The van der Waals surface area contributed by atoms with Crippen molar-refractivity contribution in [1.29, 1.82) is 0 Å². The summed E-state index contributed by atoms with van der Waals surface area (Å²) in [6, 6.07) is 0. The molecule has 0 bridgehead atoms. The molecule has 0 radical (unpaired) electrons. The summed E-state index contributed by atoms with van der Waals surface area (Å²) in [5.41, 5.74) is -0.656. The van der Waals surface area contributed by atoms with Gasteiger partial charge in [-0.3, -0.25) is 4.79 Å².